The van der Waals surface area contributed by atoms with E-state index < -0.39 is 0 Å². The third-order valence-electron chi connectivity index (χ3n) is 2.08. The van der Waals surface area contributed by atoms with E-state index in [1.165, 1.54) is 11.5 Å². The smallest absolute Gasteiger partial charge is 0.298 e. The van der Waals surface area contributed by atoms with Gasteiger partial charge in [-0.15, -0.1) is 0 Å². The number of ether oxygens (including phenoxy) is 1. The number of aromatic nitrogens is 2. The van der Waals surface area contributed by atoms with Gasteiger partial charge in [0.1, 0.15) is 5.75 Å². The second-order valence-corrected chi connectivity index (χ2v) is 6.32. The van der Waals surface area contributed by atoms with Crippen molar-refractivity contribution in [3.05, 3.63) is 34.6 Å². The predicted octanol–water partition coefficient (Wildman–Crippen LogP) is 4.39. The number of nitrogens with zero attached hydrogens (tertiary/aromatic N) is 2. The van der Waals surface area contributed by atoms with Crippen LogP contribution in [0, 0.1) is 0 Å². The Kier molecular flexibility index (Phi) is 3.49. The third-order valence-corrected chi connectivity index (χ3v) is 3.17. The molecule has 1 aromatic heterocycles. The molecule has 2 rings (SSSR count). The summed E-state index contributed by atoms with van der Waals surface area (Å²) in [5.74, 6) is 1.57. The Hall–Kier alpha value is -0.940. The first-order valence-electron chi connectivity index (χ1n) is 5.23. The topological polar surface area (TPSA) is 35.0 Å². The Morgan fingerprint density at radius 2 is 2.06 bits per heavy atom. The van der Waals surface area contributed by atoms with Gasteiger partial charge in [0.25, 0.3) is 5.19 Å². The maximum atomic E-state index is 5.65. The van der Waals surface area contributed by atoms with Crippen molar-refractivity contribution in [2.75, 3.05) is 0 Å². The van der Waals surface area contributed by atoms with Gasteiger partial charge in [-0.2, -0.15) is 9.36 Å². The van der Waals surface area contributed by atoms with E-state index in [0.717, 1.165) is 16.0 Å². The van der Waals surface area contributed by atoms with Gasteiger partial charge in [-0.25, -0.2) is 0 Å². The van der Waals surface area contributed by atoms with E-state index in [-0.39, 0.29) is 5.41 Å². The van der Waals surface area contributed by atoms with Crippen molar-refractivity contribution in [1.29, 1.82) is 0 Å². The fourth-order valence-electron chi connectivity index (χ4n) is 1.19. The monoisotopic (exact) mass is 312 g/mol. The summed E-state index contributed by atoms with van der Waals surface area (Å²) in [5.41, 5.74) is -0.0462. The van der Waals surface area contributed by atoms with Crippen LogP contribution < -0.4 is 4.74 Å². The lowest BCUT2D eigenvalue weighted by atomic mass is 9.96. The van der Waals surface area contributed by atoms with Crippen LogP contribution in [0.15, 0.2) is 28.7 Å². The zero-order chi connectivity index (χ0) is 12.5. The van der Waals surface area contributed by atoms with Gasteiger partial charge in [-0.3, -0.25) is 0 Å². The molecule has 0 saturated carbocycles. The maximum absolute atomic E-state index is 5.65. The van der Waals surface area contributed by atoms with Crippen molar-refractivity contribution < 1.29 is 4.74 Å². The molecule has 0 N–H and O–H groups in total. The number of halogens is 1. The van der Waals surface area contributed by atoms with E-state index in [4.69, 9.17) is 4.74 Å². The Balaban J connectivity index is 2.17. The van der Waals surface area contributed by atoms with Crippen molar-refractivity contribution in [1.82, 2.24) is 9.36 Å². The largest absolute Gasteiger partial charge is 0.430 e. The normalized spacial score (nSPS) is 11.5. The highest BCUT2D eigenvalue weighted by Crippen LogP contribution is 2.28. The summed E-state index contributed by atoms with van der Waals surface area (Å²) < 4.78 is 10.9. The summed E-state index contributed by atoms with van der Waals surface area (Å²) in [7, 11) is 0. The summed E-state index contributed by atoms with van der Waals surface area (Å²) in [6.07, 6.45) is 0. The lowest BCUT2D eigenvalue weighted by Crippen LogP contribution is -2.12. The van der Waals surface area contributed by atoms with Crippen LogP contribution in [-0.2, 0) is 5.41 Å². The van der Waals surface area contributed by atoms with Gasteiger partial charge >= 0.3 is 0 Å². The molecule has 17 heavy (non-hydrogen) atoms. The van der Waals surface area contributed by atoms with Crippen LogP contribution in [0.4, 0.5) is 0 Å². The van der Waals surface area contributed by atoms with Crippen molar-refractivity contribution in [3.8, 4) is 10.9 Å². The minimum Gasteiger partial charge on any atom is -0.430 e. The average molecular weight is 313 g/mol. The lowest BCUT2D eigenvalue weighted by Gasteiger charge is -2.11. The highest BCUT2D eigenvalue weighted by molar-refractivity contribution is 9.10. The minimum absolute atomic E-state index is 0.0462. The van der Waals surface area contributed by atoms with E-state index in [9.17, 15) is 0 Å². The van der Waals surface area contributed by atoms with Crippen molar-refractivity contribution >= 4 is 27.5 Å². The Morgan fingerprint density at radius 1 is 1.29 bits per heavy atom. The molecular weight excluding hydrogens is 300 g/mol. The van der Waals surface area contributed by atoms with E-state index in [2.05, 4.69) is 46.1 Å². The molecule has 0 radical (unpaired) electrons. The molecular formula is C12H13BrN2OS. The second-order valence-electron chi connectivity index (χ2n) is 4.69. The molecule has 1 aromatic carbocycles. The zero-order valence-corrected chi connectivity index (χ0v) is 12.3. The van der Waals surface area contributed by atoms with Gasteiger partial charge in [0.05, 0.1) is 0 Å². The molecule has 0 spiro atoms. The molecule has 0 atom stereocenters. The van der Waals surface area contributed by atoms with Crippen molar-refractivity contribution in [2.45, 2.75) is 26.2 Å². The lowest BCUT2D eigenvalue weighted by molar-refractivity contribution is 0.468. The molecule has 0 unspecified atom stereocenters. The predicted molar refractivity (Wildman–Crippen MR) is 72.8 cm³/mol. The first kappa shape index (κ1) is 12.5. The molecule has 0 aliphatic carbocycles. The molecule has 0 amide bonds. The first-order chi connectivity index (χ1) is 7.95. The standard InChI is InChI=1S/C12H13BrN2OS/c1-12(2,3)10-14-11(17-15-10)16-9-6-4-5-8(13)7-9/h4-7H,1-3H3. The maximum Gasteiger partial charge on any atom is 0.298 e. The van der Waals surface area contributed by atoms with E-state index in [1.54, 1.807) is 0 Å². The molecule has 0 bridgehead atoms. The molecule has 0 fully saturated rings. The Morgan fingerprint density at radius 3 is 2.65 bits per heavy atom. The highest BCUT2D eigenvalue weighted by Gasteiger charge is 2.20. The summed E-state index contributed by atoms with van der Waals surface area (Å²) in [4.78, 5) is 4.38. The van der Waals surface area contributed by atoms with Gasteiger partial charge in [0.2, 0.25) is 0 Å². The Bertz CT molecular complexity index is 519. The summed E-state index contributed by atoms with van der Waals surface area (Å²) in [6, 6.07) is 7.67. The number of hydrogen-bond donors (Lipinski definition) is 0. The van der Waals surface area contributed by atoms with Crippen LogP contribution in [0.1, 0.15) is 26.6 Å². The minimum atomic E-state index is -0.0462. The quantitative estimate of drug-likeness (QED) is 0.825. The summed E-state index contributed by atoms with van der Waals surface area (Å²) in [5, 5.41) is 0.577. The molecule has 5 heteroatoms. The van der Waals surface area contributed by atoms with Gasteiger partial charge in [0.15, 0.2) is 5.82 Å². The van der Waals surface area contributed by atoms with Crippen molar-refractivity contribution in [3.63, 3.8) is 0 Å². The molecule has 0 aliphatic heterocycles. The fraction of sp³-hybridized carbons (Fsp3) is 0.333. The summed E-state index contributed by atoms with van der Waals surface area (Å²) in [6.45, 7) is 6.24. The highest BCUT2D eigenvalue weighted by atomic mass is 79.9. The Labute approximate surface area is 113 Å². The van der Waals surface area contributed by atoms with Crippen molar-refractivity contribution in [2.24, 2.45) is 0 Å². The SMILES string of the molecule is CC(C)(C)c1nsc(Oc2cccc(Br)c2)n1. The van der Waals surface area contributed by atoms with Gasteiger partial charge in [-0.1, -0.05) is 42.8 Å². The number of hydrogen-bond acceptors (Lipinski definition) is 4. The summed E-state index contributed by atoms with van der Waals surface area (Å²) >= 11 is 4.68. The average Bonchev–Trinajstić information content (AvgIpc) is 2.65. The van der Waals surface area contributed by atoms with Gasteiger partial charge in [-0.05, 0) is 18.2 Å². The third kappa shape index (κ3) is 3.26. The van der Waals surface area contributed by atoms with E-state index in [1.807, 2.05) is 24.3 Å². The fourth-order valence-corrected chi connectivity index (χ4v) is 2.31. The first-order valence-corrected chi connectivity index (χ1v) is 6.79. The molecule has 0 saturated heterocycles. The van der Waals surface area contributed by atoms with Gasteiger partial charge in [0, 0.05) is 21.4 Å². The van der Waals surface area contributed by atoms with Crippen LogP contribution in [0.2, 0.25) is 0 Å². The van der Waals surface area contributed by atoms with Crippen LogP contribution >= 0.6 is 27.5 Å². The zero-order valence-electron chi connectivity index (χ0n) is 9.90. The van der Waals surface area contributed by atoms with E-state index in [0.29, 0.717) is 5.19 Å². The molecule has 3 nitrogen and oxygen atoms in total. The second kappa shape index (κ2) is 4.74. The molecule has 1 heterocycles. The molecule has 0 aliphatic rings. The number of benzene rings is 1. The molecule has 90 valence electrons. The molecule has 2 aromatic rings. The van der Waals surface area contributed by atoms with Gasteiger partial charge < -0.3 is 4.74 Å². The van der Waals surface area contributed by atoms with Crippen LogP contribution in [-0.4, -0.2) is 9.36 Å². The van der Waals surface area contributed by atoms with E-state index >= 15 is 0 Å². The van der Waals surface area contributed by atoms with Crippen LogP contribution in [0.25, 0.3) is 0 Å². The van der Waals surface area contributed by atoms with Crippen LogP contribution in [0.3, 0.4) is 0 Å². The number of rotatable bonds is 2. The van der Waals surface area contributed by atoms with Crippen LogP contribution in [0.5, 0.6) is 10.9 Å².